The molecule has 1 aliphatic rings. The average Bonchev–Trinajstić information content (AvgIpc) is 2.48. The van der Waals surface area contributed by atoms with Gasteiger partial charge in [0, 0.05) is 0 Å². The van der Waals surface area contributed by atoms with Gasteiger partial charge in [0.25, 0.3) is 0 Å². The second-order valence-electron chi connectivity index (χ2n) is 6.04. The van der Waals surface area contributed by atoms with Gasteiger partial charge in [-0.15, -0.1) is 0 Å². The topological polar surface area (TPSA) is 9.23 Å². The number of hydrogen-bond donors (Lipinski definition) is 0. The van der Waals surface area contributed by atoms with Crippen LogP contribution in [0.4, 0.5) is 0 Å². The maximum atomic E-state index is 6.25. The van der Waals surface area contributed by atoms with Gasteiger partial charge in [-0.05, 0) is 0 Å². The normalized spacial score (nSPS) is 28.9. The maximum absolute atomic E-state index is 6.25. The van der Waals surface area contributed by atoms with Gasteiger partial charge in [0.05, 0.1) is 0 Å². The second-order valence-corrected chi connectivity index (χ2v) is 9.33. The third-order valence-electron chi connectivity index (χ3n) is 3.41. The minimum atomic E-state index is 0.227. The molecule has 16 heavy (non-hydrogen) atoms. The first kappa shape index (κ1) is 14.8. The Labute approximate surface area is 112 Å². The molecular formula is C14H28OTe. The predicted molar refractivity (Wildman–Crippen MR) is 72.2 cm³/mol. The summed E-state index contributed by atoms with van der Waals surface area (Å²) in [5.74, 6) is 0.663. The van der Waals surface area contributed by atoms with Gasteiger partial charge < -0.3 is 0 Å². The van der Waals surface area contributed by atoms with E-state index in [0.717, 1.165) is 0 Å². The second kappa shape index (κ2) is 6.62. The van der Waals surface area contributed by atoms with Crippen LogP contribution in [-0.4, -0.2) is 33.1 Å². The first-order valence-corrected chi connectivity index (χ1v) is 10.00. The van der Waals surface area contributed by atoms with E-state index < -0.39 is 0 Å². The zero-order chi connectivity index (χ0) is 12.2. The van der Waals surface area contributed by atoms with Crippen molar-refractivity contribution in [3.8, 4) is 0 Å². The van der Waals surface area contributed by atoms with Gasteiger partial charge in [0.2, 0.25) is 0 Å². The molecule has 1 heterocycles. The molecule has 1 fully saturated rings. The molecule has 2 atom stereocenters. The molecule has 0 aromatic heterocycles. The van der Waals surface area contributed by atoms with Crippen LogP contribution in [0, 0.1) is 11.3 Å². The van der Waals surface area contributed by atoms with Crippen molar-refractivity contribution >= 4 is 20.9 Å². The Hall–Kier alpha value is 0.750. The molecule has 0 spiro atoms. The van der Waals surface area contributed by atoms with E-state index in [1.807, 2.05) is 0 Å². The fourth-order valence-corrected chi connectivity index (χ4v) is 5.95. The Bertz CT molecular complexity index is 201. The number of hydrogen-bond acceptors (Lipinski definition) is 1. The van der Waals surface area contributed by atoms with Crippen LogP contribution in [0.25, 0.3) is 0 Å². The summed E-state index contributed by atoms with van der Waals surface area (Å²) in [7, 11) is 0. The molecular weight excluding hydrogens is 312 g/mol. The first-order chi connectivity index (χ1) is 7.47. The van der Waals surface area contributed by atoms with Gasteiger partial charge in [-0.25, -0.2) is 0 Å². The molecule has 0 amide bonds. The van der Waals surface area contributed by atoms with Crippen LogP contribution in [0.3, 0.4) is 0 Å². The van der Waals surface area contributed by atoms with E-state index in [9.17, 15) is 0 Å². The minimum absolute atomic E-state index is 0.227. The van der Waals surface area contributed by atoms with Crippen LogP contribution >= 0.6 is 0 Å². The summed E-state index contributed by atoms with van der Waals surface area (Å²) in [6.07, 6.45) is 5.15. The Kier molecular flexibility index (Phi) is 6.13. The molecule has 0 bridgehead atoms. The molecule has 1 saturated heterocycles. The number of ether oxygens (including phenoxy) is 1. The van der Waals surface area contributed by atoms with Crippen molar-refractivity contribution < 1.29 is 4.74 Å². The zero-order valence-electron chi connectivity index (χ0n) is 11.6. The zero-order valence-corrected chi connectivity index (χ0v) is 13.9. The third kappa shape index (κ3) is 4.21. The molecule has 1 nitrogen and oxygen atoms in total. The molecule has 1 rings (SSSR count). The Balaban J connectivity index is 2.32. The monoisotopic (exact) mass is 342 g/mol. The molecule has 2 heteroatoms. The van der Waals surface area contributed by atoms with Gasteiger partial charge >= 0.3 is 112 Å². The van der Waals surface area contributed by atoms with E-state index >= 15 is 0 Å². The average molecular weight is 340 g/mol. The predicted octanol–water partition coefficient (Wildman–Crippen LogP) is 4.17. The SMILES string of the molecule is CCCC[Te]CC1CC(C)(C)C(C(C)C)O1. The summed E-state index contributed by atoms with van der Waals surface area (Å²) in [6.45, 7) is 11.6. The number of rotatable bonds is 6. The summed E-state index contributed by atoms with van der Waals surface area (Å²) in [5.41, 5.74) is 0.399. The molecule has 0 saturated carbocycles. The molecule has 0 aromatic carbocycles. The Morgan fingerprint density at radius 2 is 2.06 bits per heavy atom. The van der Waals surface area contributed by atoms with Crippen molar-refractivity contribution in [3.63, 3.8) is 0 Å². The summed E-state index contributed by atoms with van der Waals surface area (Å²) >= 11 is 0.227. The van der Waals surface area contributed by atoms with Crippen LogP contribution in [0.1, 0.15) is 53.9 Å². The van der Waals surface area contributed by atoms with E-state index in [-0.39, 0.29) is 20.9 Å². The summed E-state index contributed by atoms with van der Waals surface area (Å²) < 4.78 is 9.16. The van der Waals surface area contributed by atoms with Crippen molar-refractivity contribution in [2.24, 2.45) is 11.3 Å². The summed E-state index contributed by atoms with van der Waals surface area (Å²) in [6, 6.07) is 0. The van der Waals surface area contributed by atoms with Gasteiger partial charge in [-0.2, -0.15) is 0 Å². The van der Waals surface area contributed by atoms with E-state index in [1.165, 1.54) is 28.2 Å². The van der Waals surface area contributed by atoms with Gasteiger partial charge in [0.1, 0.15) is 0 Å². The molecule has 0 N–H and O–H groups in total. The standard InChI is InChI=1S/C14H28OTe/c1-6-7-8-16-10-12-9-14(4,5)13(15-12)11(2)3/h11-13H,6-10H2,1-5H3. The quantitative estimate of drug-likeness (QED) is 0.521. The molecule has 2 unspecified atom stereocenters. The Morgan fingerprint density at radius 3 is 2.56 bits per heavy atom. The van der Waals surface area contributed by atoms with E-state index in [2.05, 4.69) is 34.6 Å². The molecule has 0 radical (unpaired) electrons. The molecule has 0 aliphatic carbocycles. The van der Waals surface area contributed by atoms with Crippen molar-refractivity contribution in [2.75, 3.05) is 0 Å². The third-order valence-corrected chi connectivity index (χ3v) is 6.80. The van der Waals surface area contributed by atoms with Gasteiger partial charge in [-0.1, -0.05) is 0 Å². The molecule has 1 aliphatic heterocycles. The molecule has 96 valence electrons. The van der Waals surface area contributed by atoms with E-state index in [0.29, 0.717) is 23.5 Å². The van der Waals surface area contributed by atoms with Crippen LogP contribution in [0.15, 0.2) is 0 Å². The van der Waals surface area contributed by atoms with E-state index in [4.69, 9.17) is 4.74 Å². The van der Waals surface area contributed by atoms with Crippen molar-refractivity contribution in [2.45, 2.75) is 75.0 Å². The fourth-order valence-electron chi connectivity index (χ4n) is 2.76. The van der Waals surface area contributed by atoms with Crippen molar-refractivity contribution in [3.05, 3.63) is 0 Å². The van der Waals surface area contributed by atoms with Gasteiger partial charge in [-0.3, -0.25) is 0 Å². The van der Waals surface area contributed by atoms with E-state index in [1.54, 1.807) is 0 Å². The Morgan fingerprint density at radius 1 is 1.38 bits per heavy atom. The van der Waals surface area contributed by atoms with Crippen molar-refractivity contribution in [1.29, 1.82) is 0 Å². The van der Waals surface area contributed by atoms with Crippen molar-refractivity contribution in [1.82, 2.24) is 0 Å². The summed E-state index contributed by atoms with van der Waals surface area (Å²) in [4.78, 5) is 0. The van der Waals surface area contributed by atoms with Crippen LogP contribution in [0.2, 0.25) is 8.94 Å². The first-order valence-electron chi connectivity index (χ1n) is 6.70. The van der Waals surface area contributed by atoms with Crippen LogP contribution in [-0.2, 0) is 4.74 Å². The number of unbranched alkanes of at least 4 members (excludes halogenated alkanes) is 1. The summed E-state index contributed by atoms with van der Waals surface area (Å²) in [5, 5.41) is 0. The van der Waals surface area contributed by atoms with Crippen LogP contribution in [0.5, 0.6) is 0 Å². The van der Waals surface area contributed by atoms with Gasteiger partial charge in [0.15, 0.2) is 0 Å². The fraction of sp³-hybridized carbons (Fsp3) is 1.00. The molecule has 0 aromatic rings. The van der Waals surface area contributed by atoms with Crippen LogP contribution < -0.4 is 0 Å².